The summed E-state index contributed by atoms with van der Waals surface area (Å²) < 4.78 is 5.12. The molecule has 0 spiro atoms. The molecule has 0 amide bonds. The van der Waals surface area contributed by atoms with E-state index in [-0.39, 0.29) is 11.5 Å². The van der Waals surface area contributed by atoms with Gasteiger partial charge in [0.25, 0.3) is 0 Å². The second-order valence-electron chi connectivity index (χ2n) is 3.72. The first-order valence-corrected chi connectivity index (χ1v) is 4.72. The summed E-state index contributed by atoms with van der Waals surface area (Å²) in [5.41, 5.74) is -0.241. The Morgan fingerprint density at radius 3 is 3.08 bits per heavy atom. The van der Waals surface area contributed by atoms with E-state index < -0.39 is 0 Å². The van der Waals surface area contributed by atoms with Crippen molar-refractivity contribution < 1.29 is 9.53 Å². The average molecular weight is 169 g/mol. The van der Waals surface area contributed by atoms with Crippen molar-refractivity contribution in [1.82, 2.24) is 5.32 Å². The number of ether oxygens (including phenoxy) is 1. The normalized spacial score (nSPS) is 37.6. The van der Waals surface area contributed by atoms with Gasteiger partial charge in [0.2, 0.25) is 0 Å². The number of fused-ring (bicyclic) bond motifs is 1. The molecule has 1 aliphatic carbocycles. The molecule has 12 heavy (non-hydrogen) atoms. The molecule has 0 unspecified atom stereocenters. The van der Waals surface area contributed by atoms with Crippen LogP contribution in [-0.2, 0) is 9.53 Å². The number of rotatable bonds is 3. The molecule has 1 heterocycles. The molecule has 1 saturated carbocycles. The first kappa shape index (κ1) is 8.05. The zero-order chi connectivity index (χ0) is 8.60. The molecule has 0 bridgehead atoms. The summed E-state index contributed by atoms with van der Waals surface area (Å²) in [6, 6.07) is 0. The SMILES string of the molecule is CCCOC(=O)[C@]12C[C@H]1CCN2. The maximum absolute atomic E-state index is 11.5. The van der Waals surface area contributed by atoms with Gasteiger partial charge in [-0.2, -0.15) is 0 Å². The Morgan fingerprint density at radius 2 is 2.58 bits per heavy atom. The van der Waals surface area contributed by atoms with Crippen LogP contribution in [-0.4, -0.2) is 24.7 Å². The molecule has 1 saturated heterocycles. The minimum Gasteiger partial charge on any atom is -0.464 e. The van der Waals surface area contributed by atoms with Crippen LogP contribution in [0.1, 0.15) is 26.2 Å². The van der Waals surface area contributed by atoms with Crippen molar-refractivity contribution in [1.29, 1.82) is 0 Å². The lowest BCUT2D eigenvalue weighted by molar-refractivity contribution is -0.147. The Kier molecular flexibility index (Phi) is 1.83. The molecular weight excluding hydrogens is 154 g/mol. The van der Waals surface area contributed by atoms with Crippen LogP contribution in [0.2, 0.25) is 0 Å². The number of hydrogen-bond donors (Lipinski definition) is 1. The first-order chi connectivity index (χ1) is 5.79. The molecule has 1 N–H and O–H groups in total. The lowest BCUT2D eigenvalue weighted by Gasteiger charge is -2.11. The van der Waals surface area contributed by atoms with Crippen LogP contribution in [0.25, 0.3) is 0 Å². The first-order valence-electron chi connectivity index (χ1n) is 4.72. The zero-order valence-corrected chi connectivity index (χ0v) is 7.43. The molecule has 2 aliphatic rings. The fourth-order valence-corrected chi connectivity index (χ4v) is 2.01. The van der Waals surface area contributed by atoms with Crippen LogP contribution in [0.3, 0.4) is 0 Å². The van der Waals surface area contributed by atoms with E-state index in [4.69, 9.17) is 4.74 Å². The number of hydrogen-bond acceptors (Lipinski definition) is 3. The van der Waals surface area contributed by atoms with Crippen molar-refractivity contribution in [2.45, 2.75) is 31.7 Å². The standard InChI is InChI=1S/C9H15NO2/c1-2-5-12-8(11)9-6-7(9)3-4-10-9/h7,10H,2-6H2,1H3/t7-,9+/m1/s1. The van der Waals surface area contributed by atoms with Crippen LogP contribution < -0.4 is 5.32 Å². The molecule has 2 fully saturated rings. The zero-order valence-electron chi connectivity index (χ0n) is 7.43. The summed E-state index contributed by atoms with van der Waals surface area (Å²) in [4.78, 5) is 11.5. The van der Waals surface area contributed by atoms with Crippen molar-refractivity contribution in [3.63, 3.8) is 0 Å². The summed E-state index contributed by atoms with van der Waals surface area (Å²) in [6.45, 7) is 3.55. The Balaban J connectivity index is 1.88. The largest absolute Gasteiger partial charge is 0.464 e. The lowest BCUT2D eigenvalue weighted by atomic mass is 10.2. The quantitative estimate of drug-likeness (QED) is 0.632. The highest BCUT2D eigenvalue weighted by Crippen LogP contribution is 2.50. The Bertz CT molecular complexity index is 205. The number of nitrogens with one attached hydrogen (secondary N) is 1. The second-order valence-corrected chi connectivity index (χ2v) is 3.72. The molecule has 0 aromatic heterocycles. The van der Waals surface area contributed by atoms with Gasteiger partial charge >= 0.3 is 5.97 Å². The predicted molar refractivity (Wildman–Crippen MR) is 44.7 cm³/mol. The van der Waals surface area contributed by atoms with Crippen molar-refractivity contribution in [2.75, 3.05) is 13.2 Å². The highest BCUT2D eigenvalue weighted by atomic mass is 16.5. The minimum absolute atomic E-state index is 0.0214. The molecule has 2 rings (SSSR count). The van der Waals surface area contributed by atoms with E-state index >= 15 is 0 Å². The number of carbonyl (C=O) groups is 1. The minimum atomic E-state index is -0.241. The summed E-state index contributed by atoms with van der Waals surface area (Å²) in [6.07, 6.45) is 3.04. The van der Waals surface area contributed by atoms with E-state index in [2.05, 4.69) is 5.32 Å². The number of carbonyl (C=O) groups excluding carboxylic acids is 1. The topological polar surface area (TPSA) is 38.3 Å². The molecule has 0 radical (unpaired) electrons. The van der Waals surface area contributed by atoms with Crippen LogP contribution in [0.15, 0.2) is 0 Å². The predicted octanol–water partition coefficient (Wildman–Crippen LogP) is 0.692. The van der Waals surface area contributed by atoms with Gasteiger partial charge in [-0.1, -0.05) is 6.92 Å². The summed E-state index contributed by atoms with van der Waals surface area (Å²) >= 11 is 0. The van der Waals surface area contributed by atoms with E-state index in [9.17, 15) is 4.79 Å². The number of esters is 1. The molecule has 0 aromatic carbocycles. The Hall–Kier alpha value is -0.570. The highest BCUT2D eigenvalue weighted by molar-refractivity contribution is 5.85. The van der Waals surface area contributed by atoms with Gasteiger partial charge in [-0.15, -0.1) is 0 Å². The van der Waals surface area contributed by atoms with Crippen LogP contribution in [0.4, 0.5) is 0 Å². The maximum atomic E-state index is 11.5. The van der Waals surface area contributed by atoms with Crippen molar-refractivity contribution >= 4 is 5.97 Å². The summed E-state index contributed by atoms with van der Waals surface area (Å²) in [5, 5.41) is 3.24. The van der Waals surface area contributed by atoms with Gasteiger partial charge in [-0.3, -0.25) is 4.79 Å². The van der Waals surface area contributed by atoms with E-state index in [1.54, 1.807) is 0 Å². The summed E-state index contributed by atoms with van der Waals surface area (Å²) in [5.74, 6) is 0.550. The van der Waals surface area contributed by atoms with E-state index in [0.717, 1.165) is 25.8 Å². The van der Waals surface area contributed by atoms with Crippen LogP contribution in [0, 0.1) is 5.92 Å². The van der Waals surface area contributed by atoms with Crippen molar-refractivity contribution in [2.24, 2.45) is 5.92 Å². The van der Waals surface area contributed by atoms with Crippen molar-refractivity contribution in [3.05, 3.63) is 0 Å². The van der Waals surface area contributed by atoms with Gasteiger partial charge in [0, 0.05) is 0 Å². The third kappa shape index (κ3) is 1.04. The molecule has 3 heteroatoms. The molecule has 68 valence electrons. The number of piperidine rings is 1. The molecular formula is C9H15NO2. The van der Waals surface area contributed by atoms with Crippen LogP contribution >= 0.6 is 0 Å². The molecule has 1 aliphatic heterocycles. The van der Waals surface area contributed by atoms with E-state index in [1.807, 2.05) is 6.92 Å². The van der Waals surface area contributed by atoms with Gasteiger partial charge < -0.3 is 10.1 Å². The Morgan fingerprint density at radius 1 is 1.75 bits per heavy atom. The van der Waals surface area contributed by atoms with Gasteiger partial charge in [0.1, 0.15) is 5.54 Å². The second kappa shape index (κ2) is 2.73. The third-order valence-electron chi connectivity index (χ3n) is 2.84. The Labute approximate surface area is 72.5 Å². The summed E-state index contributed by atoms with van der Waals surface area (Å²) in [7, 11) is 0. The molecule has 3 nitrogen and oxygen atoms in total. The monoisotopic (exact) mass is 169 g/mol. The van der Waals surface area contributed by atoms with Gasteiger partial charge in [-0.05, 0) is 31.7 Å². The fraction of sp³-hybridized carbons (Fsp3) is 0.889. The van der Waals surface area contributed by atoms with Gasteiger partial charge in [-0.25, -0.2) is 0 Å². The highest BCUT2D eigenvalue weighted by Gasteiger charge is 2.63. The van der Waals surface area contributed by atoms with Crippen molar-refractivity contribution in [3.8, 4) is 0 Å². The lowest BCUT2D eigenvalue weighted by Crippen LogP contribution is -2.38. The van der Waals surface area contributed by atoms with E-state index in [0.29, 0.717) is 12.5 Å². The van der Waals surface area contributed by atoms with Crippen LogP contribution in [0.5, 0.6) is 0 Å². The molecule has 0 aromatic rings. The average Bonchev–Trinajstić information content (AvgIpc) is 2.66. The third-order valence-corrected chi connectivity index (χ3v) is 2.84. The maximum Gasteiger partial charge on any atom is 0.326 e. The fourth-order valence-electron chi connectivity index (χ4n) is 2.01. The molecule has 2 atom stereocenters. The van der Waals surface area contributed by atoms with Gasteiger partial charge in [0.05, 0.1) is 6.61 Å². The smallest absolute Gasteiger partial charge is 0.326 e. The van der Waals surface area contributed by atoms with Gasteiger partial charge in [0.15, 0.2) is 0 Å². The van der Waals surface area contributed by atoms with E-state index in [1.165, 1.54) is 0 Å².